The summed E-state index contributed by atoms with van der Waals surface area (Å²) in [6.45, 7) is 1.36. The van der Waals surface area contributed by atoms with Crippen molar-refractivity contribution >= 4 is 27.3 Å². The molecule has 0 saturated carbocycles. The molecule has 7 heteroatoms. The Bertz CT molecular complexity index is 871. The van der Waals surface area contributed by atoms with E-state index in [0.717, 1.165) is 30.1 Å². The van der Waals surface area contributed by atoms with Gasteiger partial charge in [0.05, 0.1) is 17.1 Å². The molecule has 0 atom stereocenters. The van der Waals surface area contributed by atoms with Gasteiger partial charge in [0.2, 0.25) is 0 Å². The smallest absolute Gasteiger partial charge is 0.309 e. The minimum atomic E-state index is -3.85. The number of para-hydroxylation sites is 3. The molecule has 5 nitrogen and oxygen atoms in total. The fourth-order valence-corrected chi connectivity index (χ4v) is 4.92. The van der Waals surface area contributed by atoms with Crippen LogP contribution in [0, 0.1) is 5.82 Å². The third-order valence-electron chi connectivity index (χ3n) is 4.42. The molecule has 0 fully saturated rings. The quantitative estimate of drug-likeness (QED) is 0.690. The van der Waals surface area contributed by atoms with Crippen molar-refractivity contribution in [2.45, 2.75) is 19.3 Å². The Balaban J connectivity index is 1.87. The summed E-state index contributed by atoms with van der Waals surface area (Å²) < 4.78 is 43.1. The lowest BCUT2D eigenvalue weighted by Crippen LogP contribution is -2.36. The Morgan fingerprint density at radius 3 is 2.15 bits per heavy atom. The van der Waals surface area contributed by atoms with E-state index >= 15 is 0 Å². The highest BCUT2D eigenvalue weighted by Crippen LogP contribution is 2.45. The number of fused-ring (bicyclic) bond motifs is 1. The number of anilines is 3. The molecule has 0 bridgehead atoms. The summed E-state index contributed by atoms with van der Waals surface area (Å²) in [7, 11) is 0.193. The van der Waals surface area contributed by atoms with Gasteiger partial charge in [-0.05, 0) is 57.7 Å². The lowest BCUT2D eigenvalue weighted by atomic mass is 10.2. The number of nitrogens with zero attached hydrogens (tertiary/aromatic N) is 3. The molecule has 0 aliphatic carbocycles. The van der Waals surface area contributed by atoms with Crippen molar-refractivity contribution in [3.05, 3.63) is 54.3 Å². The monoisotopic (exact) mass is 377 g/mol. The summed E-state index contributed by atoms with van der Waals surface area (Å²) in [5.74, 6) is -0.557. The maximum atomic E-state index is 14.3. The van der Waals surface area contributed by atoms with Crippen LogP contribution in [-0.4, -0.2) is 40.5 Å². The van der Waals surface area contributed by atoms with Crippen LogP contribution in [0.25, 0.3) is 0 Å². The van der Waals surface area contributed by atoms with E-state index in [1.807, 2.05) is 14.1 Å². The third-order valence-corrected chi connectivity index (χ3v) is 6.21. The molecular weight excluding hydrogens is 353 g/mol. The second-order valence-corrected chi connectivity index (χ2v) is 8.35. The van der Waals surface area contributed by atoms with Crippen molar-refractivity contribution < 1.29 is 12.8 Å². The van der Waals surface area contributed by atoms with Crippen LogP contribution in [0.5, 0.6) is 0 Å². The van der Waals surface area contributed by atoms with Crippen LogP contribution in [-0.2, 0) is 10.2 Å². The number of unbranched alkanes of at least 4 members (excludes halogenated alkanes) is 2. The van der Waals surface area contributed by atoms with Gasteiger partial charge in [0.15, 0.2) is 0 Å². The minimum absolute atomic E-state index is 0.0510. The zero-order valence-corrected chi connectivity index (χ0v) is 15.9. The van der Waals surface area contributed by atoms with Crippen LogP contribution in [0.3, 0.4) is 0 Å². The topological polar surface area (TPSA) is 43.9 Å². The first kappa shape index (κ1) is 18.7. The molecule has 1 heterocycles. The average Bonchev–Trinajstić information content (AvgIpc) is 2.82. The van der Waals surface area contributed by atoms with Crippen molar-refractivity contribution in [2.75, 3.05) is 35.8 Å². The lowest BCUT2D eigenvalue weighted by Gasteiger charge is -2.22. The predicted octanol–water partition coefficient (Wildman–Crippen LogP) is 3.76. The van der Waals surface area contributed by atoms with Gasteiger partial charge in [-0.1, -0.05) is 30.7 Å². The van der Waals surface area contributed by atoms with E-state index in [1.54, 1.807) is 36.4 Å². The summed E-state index contributed by atoms with van der Waals surface area (Å²) in [5.41, 5.74) is 1.14. The molecular formula is C19H24FN3O2S. The zero-order valence-electron chi connectivity index (χ0n) is 15.1. The highest BCUT2D eigenvalue weighted by atomic mass is 32.2. The third kappa shape index (κ3) is 3.54. The Morgan fingerprint density at radius 2 is 1.50 bits per heavy atom. The lowest BCUT2D eigenvalue weighted by molar-refractivity contribution is 0.392. The molecule has 140 valence electrons. The van der Waals surface area contributed by atoms with Gasteiger partial charge < -0.3 is 4.90 Å². The molecule has 26 heavy (non-hydrogen) atoms. The Kier molecular flexibility index (Phi) is 5.48. The van der Waals surface area contributed by atoms with Crippen LogP contribution in [0.15, 0.2) is 48.5 Å². The summed E-state index contributed by atoms with van der Waals surface area (Å²) in [6, 6.07) is 13.0. The van der Waals surface area contributed by atoms with Gasteiger partial charge in [0.25, 0.3) is 0 Å². The number of hydrogen-bond donors (Lipinski definition) is 0. The SMILES string of the molecule is CN(C)CCCCCN1c2ccccc2N(c2ccccc2F)S1(=O)=O. The molecule has 0 radical (unpaired) electrons. The van der Waals surface area contributed by atoms with Gasteiger partial charge in [0, 0.05) is 6.54 Å². The van der Waals surface area contributed by atoms with Crippen molar-refractivity contribution in [3.63, 3.8) is 0 Å². The first-order valence-corrected chi connectivity index (χ1v) is 10.1. The normalized spacial score (nSPS) is 15.5. The van der Waals surface area contributed by atoms with Crippen molar-refractivity contribution in [1.29, 1.82) is 0 Å². The molecule has 0 aromatic heterocycles. The highest BCUT2D eigenvalue weighted by Gasteiger charge is 2.41. The molecule has 2 aromatic carbocycles. The molecule has 0 saturated heterocycles. The summed E-state index contributed by atoms with van der Waals surface area (Å²) in [5, 5.41) is 0. The van der Waals surface area contributed by atoms with Gasteiger partial charge in [-0.3, -0.25) is 4.31 Å². The second-order valence-electron chi connectivity index (χ2n) is 6.65. The van der Waals surface area contributed by atoms with Gasteiger partial charge in [-0.15, -0.1) is 0 Å². The first-order chi connectivity index (χ1) is 12.4. The van der Waals surface area contributed by atoms with Gasteiger partial charge in [-0.25, -0.2) is 8.70 Å². The van der Waals surface area contributed by atoms with Crippen LogP contribution < -0.4 is 8.61 Å². The Morgan fingerprint density at radius 1 is 0.885 bits per heavy atom. The molecule has 0 amide bonds. The molecule has 1 aliphatic heterocycles. The van der Waals surface area contributed by atoms with E-state index in [1.165, 1.54) is 16.4 Å². The Hall–Kier alpha value is -2.12. The fraction of sp³-hybridized carbons (Fsp3) is 0.368. The van der Waals surface area contributed by atoms with Crippen molar-refractivity contribution in [2.24, 2.45) is 0 Å². The number of rotatable bonds is 7. The number of benzene rings is 2. The van der Waals surface area contributed by atoms with E-state index in [4.69, 9.17) is 0 Å². The predicted molar refractivity (Wildman–Crippen MR) is 104 cm³/mol. The number of halogens is 1. The molecule has 0 N–H and O–H groups in total. The maximum absolute atomic E-state index is 14.3. The van der Waals surface area contributed by atoms with E-state index < -0.39 is 16.0 Å². The van der Waals surface area contributed by atoms with E-state index in [-0.39, 0.29) is 5.69 Å². The van der Waals surface area contributed by atoms with Crippen LogP contribution in [0.2, 0.25) is 0 Å². The second kappa shape index (κ2) is 7.63. The summed E-state index contributed by atoms with van der Waals surface area (Å²) >= 11 is 0. The zero-order chi connectivity index (χ0) is 18.7. The van der Waals surface area contributed by atoms with E-state index in [0.29, 0.717) is 17.9 Å². The van der Waals surface area contributed by atoms with Crippen LogP contribution >= 0.6 is 0 Å². The molecule has 0 spiro atoms. The molecule has 0 unspecified atom stereocenters. The molecule has 2 aromatic rings. The standard InChI is InChI=1S/C19H24FN3O2S/c1-21(2)14-8-3-9-15-22-18-12-6-7-13-19(18)23(26(22,24)25)17-11-5-4-10-16(17)20/h4-7,10-13H,3,8-9,14-15H2,1-2H3. The summed E-state index contributed by atoms with van der Waals surface area (Å²) in [4.78, 5) is 2.11. The maximum Gasteiger partial charge on any atom is 0.331 e. The van der Waals surface area contributed by atoms with Crippen molar-refractivity contribution in [3.8, 4) is 0 Å². The highest BCUT2D eigenvalue weighted by molar-refractivity contribution is 7.95. The first-order valence-electron chi connectivity index (χ1n) is 8.74. The van der Waals surface area contributed by atoms with Gasteiger partial charge in [-0.2, -0.15) is 8.42 Å². The largest absolute Gasteiger partial charge is 0.331 e. The van der Waals surface area contributed by atoms with Crippen LogP contribution in [0.1, 0.15) is 19.3 Å². The fourth-order valence-electron chi connectivity index (χ4n) is 3.16. The average molecular weight is 377 g/mol. The summed E-state index contributed by atoms with van der Waals surface area (Å²) in [6.07, 6.45) is 2.71. The van der Waals surface area contributed by atoms with Gasteiger partial charge in [0.1, 0.15) is 5.82 Å². The van der Waals surface area contributed by atoms with E-state index in [2.05, 4.69) is 4.90 Å². The minimum Gasteiger partial charge on any atom is -0.309 e. The Labute approximate surface area is 154 Å². The van der Waals surface area contributed by atoms with Crippen molar-refractivity contribution in [1.82, 2.24) is 4.90 Å². The van der Waals surface area contributed by atoms with Gasteiger partial charge >= 0.3 is 10.2 Å². The van der Waals surface area contributed by atoms with E-state index in [9.17, 15) is 12.8 Å². The molecule has 3 rings (SSSR count). The number of hydrogen-bond acceptors (Lipinski definition) is 3. The van der Waals surface area contributed by atoms with Crippen LogP contribution in [0.4, 0.5) is 21.5 Å². The molecule has 1 aliphatic rings.